The van der Waals surface area contributed by atoms with Crippen LogP contribution >= 0.6 is 15.9 Å². The average molecular weight is 328 g/mol. The molecule has 0 bridgehead atoms. The number of hydrogen-bond donors (Lipinski definition) is 1. The fourth-order valence-electron chi connectivity index (χ4n) is 2.30. The molecular weight excluding hydrogens is 302 g/mol. The molecule has 0 aromatic carbocycles. The molecule has 1 aliphatic heterocycles. The van der Waals surface area contributed by atoms with E-state index < -0.39 is 0 Å². The van der Waals surface area contributed by atoms with Gasteiger partial charge >= 0.3 is 0 Å². The van der Waals surface area contributed by atoms with Crippen LogP contribution in [0.3, 0.4) is 0 Å². The second kappa shape index (κ2) is 7.85. The van der Waals surface area contributed by atoms with Crippen LogP contribution in [-0.2, 0) is 0 Å². The molecule has 1 N–H and O–H groups in total. The fraction of sp³-hybridized carbons (Fsp3) is 0.667. The van der Waals surface area contributed by atoms with E-state index in [0.29, 0.717) is 6.04 Å². The predicted molar refractivity (Wildman–Crippen MR) is 87.8 cm³/mol. The summed E-state index contributed by atoms with van der Waals surface area (Å²) < 4.78 is 1.11. The second-order valence-corrected chi connectivity index (χ2v) is 6.00. The van der Waals surface area contributed by atoms with Crippen molar-refractivity contribution >= 4 is 21.6 Å². The van der Waals surface area contributed by atoms with Gasteiger partial charge in [0.1, 0.15) is 5.82 Å². The molecule has 0 aromatic heterocycles. The van der Waals surface area contributed by atoms with Crippen molar-refractivity contribution in [3.05, 3.63) is 22.0 Å². The third-order valence-corrected chi connectivity index (χ3v) is 4.89. The Balaban J connectivity index is 2.76. The van der Waals surface area contributed by atoms with Crippen LogP contribution in [0.5, 0.6) is 0 Å². The number of nitrogens with one attached hydrogen (secondary N) is 1. The highest BCUT2D eigenvalue weighted by Crippen LogP contribution is 2.19. The Kier molecular flexibility index (Phi) is 6.80. The third-order valence-electron chi connectivity index (χ3n) is 3.52. The zero-order valence-corrected chi connectivity index (χ0v) is 14.3. The van der Waals surface area contributed by atoms with Gasteiger partial charge in [-0.05, 0) is 69.6 Å². The number of halogens is 1. The number of aliphatic imine (C=N–C) groups is 1. The van der Waals surface area contributed by atoms with Crippen molar-refractivity contribution in [2.75, 3.05) is 20.1 Å². The van der Waals surface area contributed by atoms with E-state index in [2.05, 4.69) is 59.9 Å². The van der Waals surface area contributed by atoms with Crippen molar-refractivity contribution < 1.29 is 0 Å². The molecule has 1 rings (SSSR count). The van der Waals surface area contributed by atoms with Crippen molar-refractivity contribution in [1.29, 1.82) is 0 Å². The number of allylic oxidation sites excluding steroid dienone is 3. The van der Waals surface area contributed by atoms with Crippen molar-refractivity contribution in [2.24, 2.45) is 4.99 Å². The summed E-state index contributed by atoms with van der Waals surface area (Å²) in [5, 5.41) is 3.36. The first kappa shape index (κ1) is 16.4. The van der Waals surface area contributed by atoms with Crippen LogP contribution in [0.4, 0.5) is 0 Å². The molecule has 108 valence electrons. The lowest BCUT2D eigenvalue weighted by atomic mass is 10.1. The minimum absolute atomic E-state index is 0.656. The zero-order chi connectivity index (χ0) is 14.4. The number of hydrogen-bond acceptors (Lipinski definition) is 3. The molecule has 0 radical (unpaired) electrons. The number of piperidine rings is 1. The van der Waals surface area contributed by atoms with Gasteiger partial charge in [0, 0.05) is 23.6 Å². The van der Waals surface area contributed by atoms with E-state index in [9.17, 15) is 0 Å². The van der Waals surface area contributed by atoms with E-state index in [0.717, 1.165) is 29.1 Å². The zero-order valence-electron chi connectivity index (χ0n) is 12.8. The standard InChI is InChI=1S/C15H26BrN3/c1-6-14(18-12(4)15(16)11(2)3)19-9-7-13(17-5)8-10-19/h6,13,17H,7-10H2,1-5H3/b14-6-,18-12-. The lowest BCUT2D eigenvalue weighted by Gasteiger charge is -2.33. The Morgan fingerprint density at radius 3 is 2.26 bits per heavy atom. The van der Waals surface area contributed by atoms with E-state index in [-0.39, 0.29) is 0 Å². The van der Waals surface area contributed by atoms with Crippen molar-refractivity contribution in [3.63, 3.8) is 0 Å². The summed E-state index contributed by atoms with van der Waals surface area (Å²) in [5.74, 6) is 1.09. The van der Waals surface area contributed by atoms with Gasteiger partial charge in [0.15, 0.2) is 0 Å². The van der Waals surface area contributed by atoms with Crippen molar-refractivity contribution in [1.82, 2.24) is 10.2 Å². The third kappa shape index (κ3) is 4.77. The first-order valence-corrected chi connectivity index (χ1v) is 7.76. The van der Waals surface area contributed by atoms with Gasteiger partial charge in [-0.1, -0.05) is 5.57 Å². The first-order valence-electron chi connectivity index (χ1n) is 6.96. The molecule has 0 spiro atoms. The van der Waals surface area contributed by atoms with Crippen LogP contribution in [0.25, 0.3) is 0 Å². The van der Waals surface area contributed by atoms with E-state index in [1.807, 2.05) is 7.05 Å². The van der Waals surface area contributed by atoms with E-state index >= 15 is 0 Å². The summed E-state index contributed by atoms with van der Waals surface area (Å²) >= 11 is 3.60. The normalized spacial score (nSPS) is 18.7. The van der Waals surface area contributed by atoms with Gasteiger partial charge in [-0.3, -0.25) is 0 Å². The Hall–Kier alpha value is -0.610. The maximum absolute atomic E-state index is 4.77. The van der Waals surface area contributed by atoms with Gasteiger partial charge in [-0.15, -0.1) is 0 Å². The second-order valence-electron chi connectivity index (χ2n) is 5.21. The van der Waals surface area contributed by atoms with Gasteiger partial charge in [0.2, 0.25) is 0 Å². The number of likely N-dealkylation sites (tertiary alicyclic amines) is 1. The molecule has 0 aromatic rings. The van der Waals surface area contributed by atoms with Crippen molar-refractivity contribution in [2.45, 2.75) is 46.6 Å². The summed E-state index contributed by atoms with van der Waals surface area (Å²) in [5.41, 5.74) is 2.30. The molecule has 0 amide bonds. The van der Waals surface area contributed by atoms with Gasteiger partial charge in [0.05, 0.1) is 5.71 Å². The highest BCUT2D eigenvalue weighted by Gasteiger charge is 2.19. The monoisotopic (exact) mass is 327 g/mol. The predicted octanol–water partition coefficient (Wildman–Crippen LogP) is 3.68. The highest BCUT2D eigenvalue weighted by atomic mass is 79.9. The van der Waals surface area contributed by atoms with Crippen LogP contribution in [0, 0.1) is 0 Å². The Labute approximate surface area is 126 Å². The lowest BCUT2D eigenvalue weighted by molar-refractivity contribution is 0.246. The Morgan fingerprint density at radius 1 is 1.26 bits per heavy atom. The van der Waals surface area contributed by atoms with Crippen LogP contribution in [0.2, 0.25) is 0 Å². The van der Waals surface area contributed by atoms with E-state index in [1.54, 1.807) is 0 Å². The van der Waals surface area contributed by atoms with Crippen LogP contribution in [0.1, 0.15) is 40.5 Å². The maximum Gasteiger partial charge on any atom is 0.124 e. The smallest absolute Gasteiger partial charge is 0.124 e. The van der Waals surface area contributed by atoms with E-state index in [4.69, 9.17) is 4.99 Å². The van der Waals surface area contributed by atoms with Gasteiger partial charge in [0.25, 0.3) is 0 Å². The van der Waals surface area contributed by atoms with Gasteiger partial charge < -0.3 is 10.2 Å². The summed E-state index contributed by atoms with van der Waals surface area (Å²) in [6, 6.07) is 0.656. The average Bonchev–Trinajstić information content (AvgIpc) is 2.43. The molecule has 0 atom stereocenters. The molecule has 0 aliphatic carbocycles. The topological polar surface area (TPSA) is 27.6 Å². The molecule has 1 fully saturated rings. The maximum atomic E-state index is 4.77. The summed E-state index contributed by atoms with van der Waals surface area (Å²) in [6.07, 6.45) is 4.48. The summed E-state index contributed by atoms with van der Waals surface area (Å²) in [4.78, 5) is 7.15. The van der Waals surface area contributed by atoms with Gasteiger partial charge in [-0.2, -0.15) is 0 Å². The molecule has 0 saturated carbocycles. The lowest BCUT2D eigenvalue weighted by Crippen LogP contribution is -2.40. The minimum atomic E-state index is 0.656. The fourth-order valence-corrected chi connectivity index (χ4v) is 2.39. The minimum Gasteiger partial charge on any atom is -0.357 e. The SMILES string of the molecule is C/C=C(/N=C(/C)C(Br)=C(C)C)N1CCC(NC)CC1. The van der Waals surface area contributed by atoms with Crippen molar-refractivity contribution in [3.8, 4) is 0 Å². The first-order chi connectivity index (χ1) is 8.99. The van der Waals surface area contributed by atoms with Crippen LogP contribution in [-0.4, -0.2) is 36.8 Å². The largest absolute Gasteiger partial charge is 0.357 e. The number of nitrogens with zero attached hydrogens (tertiary/aromatic N) is 2. The molecule has 1 saturated heterocycles. The highest BCUT2D eigenvalue weighted by molar-refractivity contribution is 9.12. The van der Waals surface area contributed by atoms with Gasteiger partial charge in [-0.25, -0.2) is 4.99 Å². The summed E-state index contributed by atoms with van der Waals surface area (Å²) in [6.45, 7) is 10.5. The molecule has 1 aliphatic rings. The molecule has 19 heavy (non-hydrogen) atoms. The van der Waals surface area contributed by atoms with Crippen LogP contribution in [0.15, 0.2) is 26.9 Å². The molecular formula is C15H26BrN3. The summed E-state index contributed by atoms with van der Waals surface area (Å²) in [7, 11) is 2.05. The molecule has 4 heteroatoms. The van der Waals surface area contributed by atoms with E-state index in [1.165, 1.54) is 18.4 Å². The van der Waals surface area contributed by atoms with Crippen LogP contribution < -0.4 is 5.32 Å². The molecule has 1 heterocycles. The number of rotatable bonds is 4. The quantitative estimate of drug-likeness (QED) is 0.797. The molecule has 3 nitrogen and oxygen atoms in total. The Bertz CT molecular complexity index is 384. The molecule has 0 unspecified atom stereocenters. The Morgan fingerprint density at radius 2 is 1.84 bits per heavy atom.